The quantitative estimate of drug-likeness (QED) is 0.413. The average molecular weight is 430 g/mol. The highest BCUT2D eigenvalue weighted by atomic mass is 16.3. The maximum Gasteiger partial charge on any atom is 0.171 e. The predicted molar refractivity (Wildman–Crippen MR) is 117 cm³/mol. The van der Waals surface area contributed by atoms with Gasteiger partial charge in [-0.15, -0.1) is 0 Å². The first-order valence-corrected chi connectivity index (χ1v) is 10.3. The number of aliphatic hydroxyl groups excluding tert-OH is 1. The van der Waals surface area contributed by atoms with Crippen molar-refractivity contribution < 1.29 is 5.11 Å². The van der Waals surface area contributed by atoms with E-state index < -0.39 is 0 Å². The Morgan fingerprint density at radius 2 is 2.22 bits per heavy atom. The van der Waals surface area contributed by atoms with E-state index >= 15 is 0 Å². The minimum absolute atomic E-state index is 0.0896. The van der Waals surface area contributed by atoms with Crippen LogP contribution < -0.4 is 10.6 Å². The molecule has 162 valence electrons. The van der Waals surface area contributed by atoms with Crippen molar-refractivity contribution in [2.75, 3.05) is 23.7 Å². The Labute approximate surface area is 183 Å². The van der Waals surface area contributed by atoms with E-state index in [0.29, 0.717) is 30.3 Å². The average Bonchev–Trinajstić information content (AvgIpc) is 3.57. The third-order valence-electron chi connectivity index (χ3n) is 5.93. The van der Waals surface area contributed by atoms with Crippen molar-refractivity contribution in [2.24, 2.45) is 5.92 Å². The van der Waals surface area contributed by atoms with Gasteiger partial charge in [-0.25, -0.2) is 19.9 Å². The molecule has 5 heterocycles. The molecule has 0 unspecified atom stereocenters. The second-order valence-electron chi connectivity index (χ2n) is 7.82. The number of aromatic amines is 1. The van der Waals surface area contributed by atoms with Crippen molar-refractivity contribution in [3.63, 3.8) is 0 Å². The number of rotatable bonds is 6. The van der Waals surface area contributed by atoms with Crippen LogP contribution in [0.1, 0.15) is 24.6 Å². The Morgan fingerprint density at radius 3 is 3.03 bits per heavy atom. The van der Waals surface area contributed by atoms with Gasteiger partial charge < -0.3 is 20.7 Å². The fourth-order valence-electron chi connectivity index (χ4n) is 4.36. The molecule has 11 heteroatoms. The van der Waals surface area contributed by atoms with Gasteiger partial charge in [0.1, 0.15) is 12.0 Å². The third kappa shape index (κ3) is 3.50. The van der Waals surface area contributed by atoms with Crippen molar-refractivity contribution in [1.82, 2.24) is 34.7 Å². The number of H-pyrrole nitrogens is 1. The summed E-state index contributed by atoms with van der Waals surface area (Å²) in [5, 5.41) is 24.2. The molecule has 0 aliphatic carbocycles. The SMILES string of the molecule is N#CC[C@@H]([C@H]1CCN(c2ncc(CO)nc2N)C1)n1cc(-c2ncnc3[nH]ccc23)cn1. The van der Waals surface area contributed by atoms with Crippen LogP contribution in [-0.2, 0) is 6.61 Å². The molecule has 0 bridgehead atoms. The lowest BCUT2D eigenvalue weighted by Gasteiger charge is -2.23. The second kappa shape index (κ2) is 8.24. The van der Waals surface area contributed by atoms with Crippen molar-refractivity contribution in [3.05, 3.63) is 42.9 Å². The zero-order chi connectivity index (χ0) is 22.1. The number of fused-ring (bicyclic) bond motifs is 1. The van der Waals surface area contributed by atoms with E-state index in [0.717, 1.165) is 35.3 Å². The summed E-state index contributed by atoms with van der Waals surface area (Å²) in [6.07, 6.45) is 9.84. The summed E-state index contributed by atoms with van der Waals surface area (Å²) in [4.78, 5) is 22.4. The summed E-state index contributed by atoms with van der Waals surface area (Å²) in [5.74, 6) is 1.10. The maximum absolute atomic E-state index is 9.48. The molecule has 11 nitrogen and oxygen atoms in total. The van der Waals surface area contributed by atoms with Gasteiger partial charge in [0.05, 0.1) is 48.9 Å². The Morgan fingerprint density at radius 1 is 1.31 bits per heavy atom. The highest BCUT2D eigenvalue weighted by Gasteiger charge is 2.33. The summed E-state index contributed by atoms with van der Waals surface area (Å²) in [6, 6.07) is 4.16. The zero-order valence-electron chi connectivity index (χ0n) is 17.3. The van der Waals surface area contributed by atoms with E-state index in [1.54, 1.807) is 6.20 Å². The van der Waals surface area contributed by atoms with Crippen LogP contribution in [0, 0.1) is 17.2 Å². The molecule has 0 radical (unpaired) electrons. The maximum atomic E-state index is 9.48. The molecule has 4 N–H and O–H groups in total. The van der Waals surface area contributed by atoms with Gasteiger partial charge in [-0.05, 0) is 12.5 Å². The number of nitrogens with one attached hydrogen (secondary N) is 1. The van der Waals surface area contributed by atoms with E-state index in [4.69, 9.17) is 5.73 Å². The van der Waals surface area contributed by atoms with Gasteiger partial charge in [0.15, 0.2) is 11.6 Å². The molecule has 0 amide bonds. The van der Waals surface area contributed by atoms with E-state index in [1.165, 1.54) is 12.5 Å². The summed E-state index contributed by atoms with van der Waals surface area (Å²) < 4.78 is 1.87. The van der Waals surface area contributed by atoms with Crippen LogP contribution in [0.25, 0.3) is 22.3 Å². The minimum atomic E-state index is -0.201. The Balaban J connectivity index is 1.39. The van der Waals surface area contributed by atoms with E-state index in [2.05, 4.69) is 41.0 Å². The number of aromatic nitrogens is 7. The van der Waals surface area contributed by atoms with Crippen molar-refractivity contribution >= 4 is 22.7 Å². The molecule has 4 aromatic rings. The molecule has 4 aromatic heterocycles. The predicted octanol–water partition coefficient (Wildman–Crippen LogP) is 1.67. The number of nitriles is 1. The number of hydrogen-bond acceptors (Lipinski definition) is 9. The van der Waals surface area contributed by atoms with E-state index in [-0.39, 0.29) is 18.6 Å². The van der Waals surface area contributed by atoms with Gasteiger partial charge in [-0.2, -0.15) is 10.4 Å². The smallest absolute Gasteiger partial charge is 0.171 e. The normalized spacial score (nSPS) is 17.0. The molecule has 0 spiro atoms. The zero-order valence-corrected chi connectivity index (χ0v) is 17.3. The van der Waals surface area contributed by atoms with Crippen LogP contribution in [0.3, 0.4) is 0 Å². The first-order chi connectivity index (χ1) is 15.7. The summed E-state index contributed by atoms with van der Waals surface area (Å²) in [7, 11) is 0. The molecule has 32 heavy (non-hydrogen) atoms. The monoisotopic (exact) mass is 430 g/mol. The second-order valence-corrected chi connectivity index (χ2v) is 7.82. The van der Waals surface area contributed by atoms with Crippen molar-refractivity contribution in [3.8, 4) is 17.3 Å². The Bertz CT molecular complexity index is 1290. The highest BCUT2D eigenvalue weighted by Crippen LogP contribution is 2.34. The van der Waals surface area contributed by atoms with Crippen LogP contribution >= 0.6 is 0 Å². The Hall–Kier alpha value is -4.04. The number of aliphatic hydroxyl groups is 1. The lowest BCUT2D eigenvalue weighted by Crippen LogP contribution is -2.26. The molecule has 5 rings (SSSR count). The molecule has 1 fully saturated rings. The lowest BCUT2D eigenvalue weighted by atomic mass is 9.96. The van der Waals surface area contributed by atoms with E-state index in [1.807, 2.05) is 23.1 Å². The van der Waals surface area contributed by atoms with Gasteiger partial charge >= 0.3 is 0 Å². The fraction of sp³-hybridized carbons (Fsp3) is 0.333. The number of nitrogen functional groups attached to an aromatic ring is 1. The largest absolute Gasteiger partial charge is 0.390 e. The molecule has 0 aromatic carbocycles. The van der Waals surface area contributed by atoms with Crippen LogP contribution in [0.2, 0.25) is 0 Å². The minimum Gasteiger partial charge on any atom is -0.390 e. The number of nitrogens with two attached hydrogens (primary N) is 1. The van der Waals surface area contributed by atoms with Crippen LogP contribution in [0.5, 0.6) is 0 Å². The topological polar surface area (TPSA) is 158 Å². The standard InChI is InChI=1S/C21H22N10O/c22-4-1-17(13-3-6-30(9-13)21-19(23)29-15(11-32)8-25-21)31-10-14(7-28-31)18-16-2-5-24-20(16)27-12-26-18/h2,5,7-8,10,12-13,17,32H,1,3,6,9,11H2,(H2,23,29)(H,24,26,27)/t13-,17-/m0/s1. The molecular weight excluding hydrogens is 408 g/mol. The van der Waals surface area contributed by atoms with Gasteiger partial charge in [0.2, 0.25) is 0 Å². The van der Waals surface area contributed by atoms with Crippen molar-refractivity contribution in [2.45, 2.75) is 25.5 Å². The molecular formula is C21H22N10O. The number of anilines is 2. The van der Waals surface area contributed by atoms with Gasteiger partial charge in [0.25, 0.3) is 0 Å². The first kappa shape index (κ1) is 19.9. The van der Waals surface area contributed by atoms with Gasteiger partial charge in [0, 0.05) is 42.4 Å². The van der Waals surface area contributed by atoms with Crippen molar-refractivity contribution in [1.29, 1.82) is 5.26 Å². The fourth-order valence-corrected chi connectivity index (χ4v) is 4.36. The number of nitrogens with zero attached hydrogens (tertiary/aromatic N) is 8. The molecule has 1 saturated heterocycles. The van der Waals surface area contributed by atoms with Gasteiger partial charge in [-0.3, -0.25) is 4.68 Å². The number of hydrogen-bond donors (Lipinski definition) is 3. The molecule has 2 atom stereocenters. The van der Waals surface area contributed by atoms with Gasteiger partial charge in [-0.1, -0.05) is 0 Å². The molecule has 1 aliphatic heterocycles. The molecule has 0 saturated carbocycles. The van der Waals surface area contributed by atoms with E-state index in [9.17, 15) is 10.4 Å². The lowest BCUT2D eigenvalue weighted by molar-refractivity contribution is 0.276. The third-order valence-corrected chi connectivity index (χ3v) is 5.93. The van der Waals surface area contributed by atoms with Crippen LogP contribution in [0.15, 0.2) is 37.2 Å². The summed E-state index contributed by atoms with van der Waals surface area (Å²) >= 11 is 0. The molecule has 1 aliphatic rings. The summed E-state index contributed by atoms with van der Waals surface area (Å²) in [5.41, 5.74) is 8.96. The first-order valence-electron chi connectivity index (χ1n) is 10.3. The Kier molecular flexibility index (Phi) is 5.12. The van der Waals surface area contributed by atoms with Crippen LogP contribution in [-0.4, -0.2) is 52.9 Å². The van der Waals surface area contributed by atoms with Crippen LogP contribution in [0.4, 0.5) is 11.6 Å². The highest BCUT2D eigenvalue weighted by molar-refractivity contribution is 5.89. The summed E-state index contributed by atoms with van der Waals surface area (Å²) in [6.45, 7) is 1.25.